The summed E-state index contributed by atoms with van der Waals surface area (Å²) in [5.41, 5.74) is 6.10. The molecule has 0 saturated carbocycles. The number of alkyl halides is 2. The molecule has 1 fully saturated rings. The average molecular weight is 321 g/mol. The molecule has 0 aliphatic carbocycles. The number of benzene rings is 1. The molecule has 1 aliphatic heterocycles. The lowest BCUT2D eigenvalue weighted by molar-refractivity contribution is -0.0498. The Morgan fingerprint density at radius 3 is 2.33 bits per heavy atom. The second kappa shape index (κ2) is 8.14. The quantitative estimate of drug-likeness (QED) is 0.927. The molecule has 0 unspecified atom stereocenters. The standard InChI is InChI=1S/C14H18F2N2O2.ClH/c15-14(16)20-12-3-1-11(2-4-12)13(19)18-7-5-10(9-17)6-8-18;/h1-4,10,14H,5-9,17H2;1H. The molecule has 1 heterocycles. The van der Waals surface area contributed by atoms with Gasteiger partial charge in [0.15, 0.2) is 0 Å². The molecule has 0 atom stereocenters. The number of halogens is 3. The molecule has 4 nitrogen and oxygen atoms in total. The molecular formula is C14H19ClF2N2O2. The Morgan fingerprint density at radius 2 is 1.86 bits per heavy atom. The van der Waals surface area contributed by atoms with Gasteiger partial charge in [-0.3, -0.25) is 4.79 Å². The van der Waals surface area contributed by atoms with Crippen molar-refractivity contribution in [3.8, 4) is 5.75 Å². The van der Waals surface area contributed by atoms with Crippen molar-refractivity contribution in [2.45, 2.75) is 19.5 Å². The number of hydrogen-bond acceptors (Lipinski definition) is 3. The van der Waals surface area contributed by atoms with Crippen LogP contribution in [0.3, 0.4) is 0 Å². The molecule has 7 heteroatoms. The Morgan fingerprint density at radius 1 is 1.29 bits per heavy atom. The molecule has 0 bridgehead atoms. The largest absolute Gasteiger partial charge is 0.435 e. The van der Waals surface area contributed by atoms with E-state index in [-0.39, 0.29) is 24.1 Å². The zero-order valence-corrected chi connectivity index (χ0v) is 12.3. The average Bonchev–Trinajstić information content (AvgIpc) is 2.47. The van der Waals surface area contributed by atoms with Gasteiger partial charge < -0.3 is 15.4 Å². The number of amides is 1. The summed E-state index contributed by atoms with van der Waals surface area (Å²) in [5.74, 6) is 0.461. The smallest absolute Gasteiger partial charge is 0.387 e. The van der Waals surface area contributed by atoms with E-state index < -0.39 is 6.61 Å². The van der Waals surface area contributed by atoms with Gasteiger partial charge in [0.25, 0.3) is 5.91 Å². The summed E-state index contributed by atoms with van der Waals surface area (Å²) >= 11 is 0. The van der Waals surface area contributed by atoms with Gasteiger partial charge in [-0.05, 0) is 49.6 Å². The number of likely N-dealkylation sites (tertiary alicyclic amines) is 1. The maximum Gasteiger partial charge on any atom is 0.387 e. The van der Waals surface area contributed by atoms with Crippen LogP contribution in [0.15, 0.2) is 24.3 Å². The number of piperidine rings is 1. The molecule has 21 heavy (non-hydrogen) atoms. The minimum atomic E-state index is -2.85. The summed E-state index contributed by atoms with van der Waals surface area (Å²) in [6.07, 6.45) is 1.82. The Kier molecular flexibility index (Phi) is 6.84. The zero-order chi connectivity index (χ0) is 14.5. The van der Waals surface area contributed by atoms with Crippen molar-refractivity contribution >= 4 is 18.3 Å². The molecule has 118 valence electrons. The number of rotatable bonds is 4. The van der Waals surface area contributed by atoms with E-state index in [0.29, 0.717) is 31.1 Å². The molecule has 1 aliphatic rings. The second-order valence-corrected chi connectivity index (χ2v) is 4.87. The van der Waals surface area contributed by atoms with Gasteiger partial charge in [-0.1, -0.05) is 0 Å². The van der Waals surface area contributed by atoms with E-state index in [9.17, 15) is 13.6 Å². The first kappa shape index (κ1) is 17.7. The van der Waals surface area contributed by atoms with E-state index >= 15 is 0 Å². The highest BCUT2D eigenvalue weighted by atomic mass is 35.5. The van der Waals surface area contributed by atoms with E-state index in [1.165, 1.54) is 24.3 Å². The summed E-state index contributed by atoms with van der Waals surface area (Å²) in [5, 5.41) is 0. The molecule has 1 saturated heterocycles. The highest BCUT2D eigenvalue weighted by Gasteiger charge is 2.22. The van der Waals surface area contributed by atoms with Gasteiger partial charge in [0.05, 0.1) is 0 Å². The van der Waals surface area contributed by atoms with Gasteiger partial charge in [-0.15, -0.1) is 12.4 Å². The molecule has 0 radical (unpaired) electrons. The van der Waals surface area contributed by atoms with Crippen LogP contribution < -0.4 is 10.5 Å². The Labute approximate surface area is 128 Å². The number of hydrogen-bond donors (Lipinski definition) is 1. The molecule has 1 aromatic carbocycles. The van der Waals surface area contributed by atoms with E-state index in [1.54, 1.807) is 4.90 Å². The molecule has 0 aromatic heterocycles. The number of carbonyl (C=O) groups excluding carboxylic acids is 1. The lowest BCUT2D eigenvalue weighted by atomic mass is 9.96. The van der Waals surface area contributed by atoms with E-state index in [2.05, 4.69) is 4.74 Å². The third-order valence-electron chi connectivity index (χ3n) is 3.56. The molecule has 2 rings (SSSR count). The number of ether oxygens (including phenoxy) is 1. The van der Waals surface area contributed by atoms with Crippen LogP contribution in [0.4, 0.5) is 8.78 Å². The van der Waals surface area contributed by atoms with Gasteiger partial charge in [0, 0.05) is 18.7 Å². The fourth-order valence-electron chi connectivity index (χ4n) is 2.33. The van der Waals surface area contributed by atoms with Crippen molar-refractivity contribution in [1.29, 1.82) is 0 Å². The SMILES string of the molecule is Cl.NCC1CCN(C(=O)c2ccc(OC(F)F)cc2)CC1. The van der Waals surface area contributed by atoms with Crippen molar-refractivity contribution in [3.63, 3.8) is 0 Å². The fraction of sp³-hybridized carbons (Fsp3) is 0.500. The first-order valence-corrected chi connectivity index (χ1v) is 6.64. The van der Waals surface area contributed by atoms with E-state index in [1.807, 2.05) is 0 Å². The van der Waals surface area contributed by atoms with Gasteiger partial charge in [0.2, 0.25) is 0 Å². The lowest BCUT2D eigenvalue weighted by Gasteiger charge is -2.31. The number of nitrogens with two attached hydrogens (primary N) is 1. The van der Waals surface area contributed by atoms with Gasteiger partial charge >= 0.3 is 6.61 Å². The lowest BCUT2D eigenvalue weighted by Crippen LogP contribution is -2.40. The summed E-state index contributed by atoms with van der Waals surface area (Å²) in [7, 11) is 0. The maximum atomic E-state index is 12.2. The number of nitrogens with zero attached hydrogens (tertiary/aromatic N) is 1. The minimum Gasteiger partial charge on any atom is -0.435 e. The van der Waals surface area contributed by atoms with E-state index in [0.717, 1.165) is 12.8 Å². The van der Waals surface area contributed by atoms with Gasteiger partial charge in [0.1, 0.15) is 5.75 Å². The van der Waals surface area contributed by atoms with Crippen LogP contribution >= 0.6 is 12.4 Å². The molecular weight excluding hydrogens is 302 g/mol. The molecule has 0 spiro atoms. The van der Waals surface area contributed by atoms with E-state index in [4.69, 9.17) is 5.73 Å². The summed E-state index contributed by atoms with van der Waals surface area (Å²) in [6, 6.07) is 5.78. The van der Waals surface area contributed by atoms with Crippen molar-refractivity contribution < 1.29 is 18.3 Å². The Hall–Kier alpha value is -1.40. The van der Waals surface area contributed by atoms with Gasteiger partial charge in [-0.25, -0.2) is 0 Å². The summed E-state index contributed by atoms with van der Waals surface area (Å²) < 4.78 is 28.3. The topological polar surface area (TPSA) is 55.6 Å². The van der Waals surface area contributed by atoms with Crippen molar-refractivity contribution in [2.24, 2.45) is 11.7 Å². The molecule has 1 aromatic rings. The highest BCUT2D eigenvalue weighted by molar-refractivity contribution is 5.94. The van der Waals surface area contributed by atoms with Crippen LogP contribution in [0.2, 0.25) is 0 Å². The van der Waals surface area contributed by atoms with Crippen LogP contribution in [-0.2, 0) is 0 Å². The first-order chi connectivity index (χ1) is 9.60. The van der Waals surface area contributed by atoms with Crippen LogP contribution in [0.5, 0.6) is 5.75 Å². The van der Waals surface area contributed by atoms with Crippen molar-refractivity contribution in [1.82, 2.24) is 4.90 Å². The van der Waals surface area contributed by atoms with Crippen LogP contribution in [-0.4, -0.2) is 37.1 Å². The molecule has 2 N–H and O–H groups in total. The van der Waals surface area contributed by atoms with Crippen molar-refractivity contribution in [2.75, 3.05) is 19.6 Å². The third-order valence-corrected chi connectivity index (χ3v) is 3.56. The fourth-order valence-corrected chi connectivity index (χ4v) is 2.33. The van der Waals surface area contributed by atoms with Gasteiger partial charge in [-0.2, -0.15) is 8.78 Å². The minimum absolute atomic E-state index is 0. The summed E-state index contributed by atoms with van der Waals surface area (Å²) in [6.45, 7) is -0.819. The zero-order valence-electron chi connectivity index (χ0n) is 11.5. The number of carbonyl (C=O) groups is 1. The molecule has 1 amide bonds. The Bertz CT molecular complexity index is 449. The summed E-state index contributed by atoms with van der Waals surface area (Å²) in [4.78, 5) is 14.0. The van der Waals surface area contributed by atoms with Crippen LogP contribution in [0, 0.1) is 5.92 Å². The van der Waals surface area contributed by atoms with Crippen LogP contribution in [0.1, 0.15) is 23.2 Å². The third kappa shape index (κ3) is 4.82. The normalized spacial score (nSPS) is 15.7. The Balaban J connectivity index is 0.00000220. The van der Waals surface area contributed by atoms with Crippen LogP contribution in [0.25, 0.3) is 0 Å². The highest BCUT2D eigenvalue weighted by Crippen LogP contribution is 2.20. The predicted molar refractivity (Wildman–Crippen MR) is 78.0 cm³/mol. The first-order valence-electron chi connectivity index (χ1n) is 6.64. The maximum absolute atomic E-state index is 12.2. The predicted octanol–water partition coefficient (Wildman–Crippen LogP) is 2.52. The van der Waals surface area contributed by atoms with Crippen molar-refractivity contribution in [3.05, 3.63) is 29.8 Å². The monoisotopic (exact) mass is 320 g/mol. The second-order valence-electron chi connectivity index (χ2n) is 4.87.